The number of hydrogen-bond acceptors (Lipinski definition) is 6. The van der Waals surface area contributed by atoms with Gasteiger partial charge in [-0.25, -0.2) is 9.37 Å². The minimum Gasteiger partial charge on any atom is -0.444 e. The van der Waals surface area contributed by atoms with Gasteiger partial charge in [0.1, 0.15) is 23.3 Å². The van der Waals surface area contributed by atoms with E-state index < -0.39 is 16.3 Å². The highest BCUT2D eigenvalue weighted by atomic mass is 32.2. The molecule has 7 nitrogen and oxygen atoms in total. The van der Waals surface area contributed by atoms with Crippen LogP contribution < -0.4 is 10.2 Å². The Morgan fingerprint density at radius 2 is 1.67 bits per heavy atom. The Kier molecular flexibility index (Phi) is 8.41. The molecule has 0 bridgehead atoms. The average molecular weight is 549 g/mol. The molecule has 9 heteroatoms. The topological polar surface area (TPSA) is 99.2 Å². The monoisotopic (exact) mass is 548 g/mol. The summed E-state index contributed by atoms with van der Waals surface area (Å²) >= 11 is 0. The molecule has 3 aliphatic rings. The number of rotatable bonds is 5. The molecule has 0 spiro atoms. The number of nitriles is 1. The Morgan fingerprint density at radius 3 is 2.28 bits per heavy atom. The van der Waals surface area contributed by atoms with Gasteiger partial charge in [-0.2, -0.15) is 5.26 Å². The van der Waals surface area contributed by atoms with E-state index in [-0.39, 0.29) is 17.6 Å². The van der Waals surface area contributed by atoms with Gasteiger partial charge in [-0.15, -0.1) is 0 Å². The molecule has 2 aromatic carbocycles. The van der Waals surface area contributed by atoms with Crippen molar-refractivity contribution in [2.24, 2.45) is 5.92 Å². The van der Waals surface area contributed by atoms with Gasteiger partial charge in [0.2, 0.25) is 11.8 Å². The summed E-state index contributed by atoms with van der Waals surface area (Å²) in [5, 5.41) is 11.7. The second-order valence-electron chi connectivity index (χ2n) is 10.4. The molecule has 39 heavy (non-hydrogen) atoms. The van der Waals surface area contributed by atoms with Crippen LogP contribution >= 0.6 is 0 Å². The Labute approximate surface area is 230 Å². The minimum absolute atomic E-state index is 0.115. The summed E-state index contributed by atoms with van der Waals surface area (Å²) in [5.41, 5.74) is 3.09. The van der Waals surface area contributed by atoms with E-state index in [1.807, 2.05) is 12.1 Å². The van der Waals surface area contributed by atoms with Gasteiger partial charge < -0.3 is 14.6 Å². The van der Waals surface area contributed by atoms with Crippen molar-refractivity contribution in [2.75, 3.05) is 29.5 Å². The lowest BCUT2D eigenvalue weighted by molar-refractivity contribution is -0.126. The van der Waals surface area contributed by atoms with Gasteiger partial charge >= 0.3 is 0 Å². The van der Waals surface area contributed by atoms with Crippen LogP contribution in [0.15, 0.2) is 59.2 Å². The molecule has 1 saturated heterocycles. The third kappa shape index (κ3) is 6.93. The van der Waals surface area contributed by atoms with Crippen LogP contribution in [0.1, 0.15) is 44.9 Å². The fourth-order valence-electron chi connectivity index (χ4n) is 4.96. The third-order valence-corrected chi connectivity index (χ3v) is 8.88. The van der Waals surface area contributed by atoms with Crippen LogP contribution in [-0.2, 0) is 15.6 Å². The molecule has 0 atom stereocenters. The first kappa shape index (κ1) is 27.1. The molecule has 1 N–H and O–H groups in total. The number of oxazole rings is 1. The highest BCUT2D eigenvalue weighted by molar-refractivity contribution is 7.85. The van der Waals surface area contributed by atoms with Crippen LogP contribution in [-0.4, -0.2) is 45.2 Å². The summed E-state index contributed by atoms with van der Waals surface area (Å²) in [7, 11) is -0.673. The van der Waals surface area contributed by atoms with E-state index in [2.05, 4.69) is 33.4 Å². The summed E-state index contributed by atoms with van der Waals surface area (Å²) < 4.78 is 30.0. The number of halogens is 1. The molecule has 204 valence electrons. The van der Waals surface area contributed by atoms with Crippen LogP contribution in [0, 0.1) is 23.1 Å². The zero-order valence-electron chi connectivity index (χ0n) is 21.9. The van der Waals surface area contributed by atoms with Crippen molar-refractivity contribution in [3.63, 3.8) is 0 Å². The number of aromatic nitrogens is 1. The maximum atomic E-state index is 13.0. The van der Waals surface area contributed by atoms with E-state index >= 15 is 0 Å². The lowest BCUT2D eigenvalue weighted by Crippen LogP contribution is -2.40. The lowest BCUT2D eigenvalue weighted by atomic mass is 9.88. The number of anilines is 1. The first-order valence-corrected chi connectivity index (χ1v) is 15.1. The molecule has 0 unspecified atom stereocenters. The number of carbonyl (C=O) groups is 1. The number of nitrogens with one attached hydrogen (secondary N) is 1. The SMILES string of the molecule is N#CC1(NC(=O)C2CCCCC2)CC1.O=S1CCN(c2ccc(-c3coc(-c4ccc(F)cc4)n3)cc2)CC1. The van der Waals surface area contributed by atoms with Crippen LogP contribution in [0.4, 0.5) is 10.1 Å². The molecule has 1 aromatic heterocycles. The summed E-state index contributed by atoms with van der Waals surface area (Å²) in [6, 6.07) is 16.4. The molecule has 0 radical (unpaired) electrons. The van der Waals surface area contributed by atoms with Crippen molar-refractivity contribution < 1.29 is 17.8 Å². The molecule has 1 aliphatic heterocycles. The van der Waals surface area contributed by atoms with Crippen LogP contribution in [0.25, 0.3) is 22.7 Å². The van der Waals surface area contributed by atoms with E-state index in [1.54, 1.807) is 18.4 Å². The van der Waals surface area contributed by atoms with Crippen molar-refractivity contribution in [1.29, 1.82) is 5.26 Å². The van der Waals surface area contributed by atoms with E-state index in [9.17, 15) is 13.4 Å². The highest BCUT2D eigenvalue weighted by Gasteiger charge is 2.45. The third-order valence-electron chi connectivity index (χ3n) is 7.60. The van der Waals surface area contributed by atoms with Crippen LogP contribution in [0.2, 0.25) is 0 Å². The van der Waals surface area contributed by atoms with Crippen LogP contribution in [0.3, 0.4) is 0 Å². The van der Waals surface area contributed by atoms with Crippen molar-refractivity contribution in [2.45, 2.75) is 50.5 Å². The average Bonchev–Trinajstić information content (AvgIpc) is 3.58. The number of nitrogens with zero attached hydrogens (tertiary/aromatic N) is 3. The normalized spacial score (nSPS) is 18.9. The van der Waals surface area contributed by atoms with Gasteiger partial charge in [-0.1, -0.05) is 31.4 Å². The molecule has 1 amide bonds. The second-order valence-corrected chi connectivity index (χ2v) is 12.1. The fraction of sp³-hybridized carbons (Fsp3) is 0.433. The van der Waals surface area contributed by atoms with Gasteiger partial charge in [0.15, 0.2) is 0 Å². The van der Waals surface area contributed by atoms with Crippen LogP contribution in [0.5, 0.6) is 0 Å². The van der Waals surface area contributed by atoms with Crippen molar-refractivity contribution in [1.82, 2.24) is 10.3 Å². The smallest absolute Gasteiger partial charge is 0.226 e. The zero-order valence-corrected chi connectivity index (χ0v) is 22.7. The van der Waals surface area contributed by atoms with Gasteiger partial charge in [-0.3, -0.25) is 9.00 Å². The van der Waals surface area contributed by atoms with E-state index in [4.69, 9.17) is 9.68 Å². The van der Waals surface area contributed by atoms with Crippen molar-refractivity contribution >= 4 is 22.4 Å². The zero-order chi connectivity index (χ0) is 27.2. The van der Waals surface area contributed by atoms with Gasteiger partial charge in [0.05, 0.1) is 6.07 Å². The Hall–Kier alpha value is -3.51. The summed E-state index contributed by atoms with van der Waals surface area (Å²) in [4.78, 5) is 18.5. The predicted octanol–water partition coefficient (Wildman–Crippen LogP) is 5.46. The first-order valence-electron chi connectivity index (χ1n) is 13.6. The maximum absolute atomic E-state index is 13.0. The number of benzene rings is 2. The van der Waals surface area contributed by atoms with Gasteiger partial charge in [0.25, 0.3) is 0 Å². The first-order chi connectivity index (χ1) is 18.9. The lowest BCUT2D eigenvalue weighted by Gasteiger charge is -2.28. The molecule has 3 aromatic rings. The molecule has 6 rings (SSSR count). The summed E-state index contributed by atoms with van der Waals surface area (Å²) in [6.45, 7) is 1.65. The predicted molar refractivity (Wildman–Crippen MR) is 150 cm³/mol. The van der Waals surface area contributed by atoms with E-state index in [0.717, 1.165) is 85.6 Å². The van der Waals surface area contributed by atoms with E-state index in [1.165, 1.54) is 18.6 Å². The Bertz CT molecular complexity index is 1330. The summed E-state index contributed by atoms with van der Waals surface area (Å²) in [5.74, 6) is 1.93. The molecular weight excluding hydrogens is 515 g/mol. The maximum Gasteiger partial charge on any atom is 0.226 e. The largest absolute Gasteiger partial charge is 0.444 e. The number of hydrogen-bond donors (Lipinski definition) is 1. The van der Waals surface area contributed by atoms with Gasteiger partial charge in [0, 0.05) is 58.1 Å². The Morgan fingerprint density at radius 1 is 1.03 bits per heavy atom. The summed E-state index contributed by atoms with van der Waals surface area (Å²) in [6.07, 6.45) is 8.88. The van der Waals surface area contributed by atoms with E-state index in [0.29, 0.717) is 5.89 Å². The standard InChI is InChI=1S/C19H17FN2O2S.C11H16N2O/c20-16-5-1-15(2-6-16)19-21-18(13-24-19)14-3-7-17(8-4-14)22-9-11-25(23)12-10-22;12-8-11(6-7-11)13-10(14)9-4-2-1-3-5-9/h1-8,13H,9-12H2;9H,1-7H2,(H,13,14). The molecular formula is C30H33FN4O3S. The molecule has 2 aliphatic carbocycles. The minimum atomic E-state index is -0.673. The fourth-order valence-corrected chi connectivity index (χ4v) is 6.02. The number of carbonyl (C=O) groups excluding carboxylic acids is 1. The Balaban J connectivity index is 0.000000186. The second kappa shape index (κ2) is 12.1. The quantitative estimate of drug-likeness (QED) is 0.455. The van der Waals surface area contributed by atoms with Crippen molar-refractivity contribution in [3.05, 3.63) is 60.6 Å². The number of amides is 1. The van der Waals surface area contributed by atoms with Crippen molar-refractivity contribution in [3.8, 4) is 28.8 Å². The molecule has 2 saturated carbocycles. The molecule has 2 heterocycles. The highest BCUT2D eigenvalue weighted by Crippen LogP contribution is 2.35. The molecule has 3 fully saturated rings. The van der Waals surface area contributed by atoms with Gasteiger partial charge in [-0.05, 0) is 62.1 Å².